The van der Waals surface area contributed by atoms with E-state index >= 15 is 0 Å². The van der Waals surface area contributed by atoms with E-state index in [9.17, 15) is 22.4 Å². The summed E-state index contributed by atoms with van der Waals surface area (Å²) in [5, 5.41) is 6.56. The van der Waals surface area contributed by atoms with E-state index in [2.05, 4.69) is 10.4 Å². The van der Waals surface area contributed by atoms with Crippen molar-refractivity contribution in [1.82, 2.24) is 15.1 Å². The highest BCUT2D eigenvalue weighted by molar-refractivity contribution is 6.32. The third-order valence-corrected chi connectivity index (χ3v) is 4.60. The number of nitrogens with one attached hydrogen (secondary N) is 1. The topological polar surface area (TPSA) is 56.1 Å². The number of aromatic nitrogens is 2. The first-order valence-corrected chi connectivity index (χ1v) is 8.99. The van der Waals surface area contributed by atoms with Crippen LogP contribution in [0.25, 0.3) is 0 Å². The van der Waals surface area contributed by atoms with Crippen LogP contribution in [0.4, 0.5) is 17.6 Å². The van der Waals surface area contributed by atoms with Crippen LogP contribution in [0.5, 0.6) is 5.75 Å². The zero-order valence-corrected chi connectivity index (χ0v) is 16.4. The molecule has 5 nitrogen and oxygen atoms in total. The van der Waals surface area contributed by atoms with Crippen molar-refractivity contribution in [1.29, 1.82) is 0 Å². The number of amides is 1. The minimum atomic E-state index is -1.63. The van der Waals surface area contributed by atoms with Crippen molar-refractivity contribution in [2.45, 2.75) is 39.7 Å². The predicted octanol–water partition coefficient (Wildman–Crippen LogP) is 3.98. The highest BCUT2D eigenvalue weighted by Crippen LogP contribution is 2.30. The standard InChI is InChI=1S/C18H20ClF4N3O2/c1-4-5-6-28-18-16(22)14(20)10(15(21)17(18)23)8-24-12(27)7-11-13(19)9(2)25-26(11)3/h4-8H2,1-3H3,(H,24,27). The Morgan fingerprint density at radius 3 is 2.29 bits per heavy atom. The van der Waals surface area contributed by atoms with Gasteiger partial charge in [0.05, 0.1) is 29.4 Å². The number of carbonyl (C=O) groups is 1. The molecule has 0 fully saturated rings. The molecule has 0 aliphatic heterocycles. The van der Waals surface area contributed by atoms with Crippen LogP contribution in [0.15, 0.2) is 0 Å². The molecule has 0 radical (unpaired) electrons. The van der Waals surface area contributed by atoms with Crippen molar-refractivity contribution in [3.05, 3.63) is 45.2 Å². The van der Waals surface area contributed by atoms with Gasteiger partial charge in [0.25, 0.3) is 0 Å². The normalized spacial score (nSPS) is 11.0. The van der Waals surface area contributed by atoms with Gasteiger partial charge in [0, 0.05) is 19.2 Å². The summed E-state index contributed by atoms with van der Waals surface area (Å²) in [5.74, 6) is -8.24. The number of carbonyl (C=O) groups excluding carboxylic acids is 1. The highest BCUT2D eigenvalue weighted by Gasteiger charge is 2.27. The van der Waals surface area contributed by atoms with Crippen LogP contribution in [0.1, 0.15) is 36.7 Å². The van der Waals surface area contributed by atoms with Gasteiger partial charge in [0.15, 0.2) is 17.4 Å². The lowest BCUT2D eigenvalue weighted by Crippen LogP contribution is -2.27. The maximum Gasteiger partial charge on any atom is 0.226 e. The van der Waals surface area contributed by atoms with E-state index in [1.54, 1.807) is 14.0 Å². The zero-order chi connectivity index (χ0) is 21.0. The molecular formula is C18H20ClF4N3O2. The highest BCUT2D eigenvalue weighted by atomic mass is 35.5. The second-order valence-corrected chi connectivity index (χ2v) is 6.57. The van der Waals surface area contributed by atoms with Gasteiger partial charge < -0.3 is 10.1 Å². The lowest BCUT2D eigenvalue weighted by molar-refractivity contribution is -0.120. The number of halogens is 5. The van der Waals surface area contributed by atoms with Gasteiger partial charge in [0.1, 0.15) is 0 Å². The minimum Gasteiger partial charge on any atom is -0.487 e. The number of nitrogens with zero attached hydrogens (tertiary/aromatic N) is 2. The van der Waals surface area contributed by atoms with Crippen molar-refractivity contribution in [3.63, 3.8) is 0 Å². The van der Waals surface area contributed by atoms with Crippen LogP contribution in [-0.4, -0.2) is 22.3 Å². The van der Waals surface area contributed by atoms with E-state index in [4.69, 9.17) is 16.3 Å². The molecule has 0 saturated heterocycles. The van der Waals surface area contributed by atoms with Crippen molar-refractivity contribution < 1.29 is 27.1 Å². The van der Waals surface area contributed by atoms with Gasteiger partial charge in [-0.25, -0.2) is 8.78 Å². The Bertz CT molecular complexity index is 857. The first kappa shape index (κ1) is 22.0. The summed E-state index contributed by atoms with van der Waals surface area (Å²) in [6.45, 7) is 2.66. The molecule has 0 saturated carbocycles. The average Bonchev–Trinajstić information content (AvgIpc) is 2.89. The molecule has 154 valence electrons. The lowest BCUT2D eigenvalue weighted by atomic mass is 10.1. The molecule has 0 spiro atoms. The Labute approximate surface area is 164 Å². The first-order chi connectivity index (χ1) is 13.2. The number of hydrogen-bond donors (Lipinski definition) is 1. The summed E-state index contributed by atoms with van der Waals surface area (Å²) >= 11 is 6.04. The average molecular weight is 422 g/mol. The van der Waals surface area contributed by atoms with Crippen LogP contribution in [0.2, 0.25) is 5.02 Å². The van der Waals surface area contributed by atoms with Crippen molar-refractivity contribution in [2.75, 3.05) is 6.61 Å². The van der Waals surface area contributed by atoms with Gasteiger partial charge in [-0.2, -0.15) is 13.9 Å². The number of rotatable bonds is 8. The van der Waals surface area contributed by atoms with Crippen LogP contribution < -0.4 is 10.1 Å². The third kappa shape index (κ3) is 4.57. The molecule has 0 bridgehead atoms. The van der Waals surface area contributed by atoms with Crippen LogP contribution in [-0.2, 0) is 24.8 Å². The van der Waals surface area contributed by atoms with E-state index < -0.39 is 47.0 Å². The van der Waals surface area contributed by atoms with Gasteiger partial charge in [0.2, 0.25) is 17.5 Å². The number of benzene rings is 1. The molecule has 0 aliphatic carbocycles. The number of aryl methyl sites for hydroxylation is 2. The lowest BCUT2D eigenvalue weighted by Gasteiger charge is -2.13. The smallest absolute Gasteiger partial charge is 0.226 e. The van der Waals surface area contributed by atoms with Gasteiger partial charge in [-0.05, 0) is 13.3 Å². The van der Waals surface area contributed by atoms with Crippen molar-refractivity contribution in [3.8, 4) is 5.75 Å². The van der Waals surface area contributed by atoms with E-state index in [1.165, 1.54) is 4.68 Å². The fraction of sp³-hybridized carbons (Fsp3) is 0.444. The first-order valence-electron chi connectivity index (χ1n) is 8.61. The maximum absolute atomic E-state index is 14.2. The molecule has 1 aromatic heterocycles. The fourth-order valence-corrected chi connectivity index (χ4v) is 2.76. The predicted molar refractivity (Wildman–Crippen MR) is 95.2 cm³/mol. The Kier molecular flexibility index (Phi) is 7.29. The molecule has 1 amide bonds. The molecule has 28 heavy (non-hydrogen) atoms. The van der Waals surface area contributed by atoms with E-state index in [-0.39, 0.29) is 13.0 Å². The number of ether oxygens (including phenoxy) is 1. The Hall–Kier alpha value is -2.29. The van der Waals surface area contributed by atoms with E-state index in [1.807, 2.05) is 6.92 Å². The van der Waals surface area contributed by atoms with Gasteiger partial charge in [-0.1, -0.05) is 24.9 Å². The summed E-state index contributed by atoms with van der Waals surface area (Å²) in [7, 11) is 1.59. The van der Waals surface area contributed by atoms with E-state index in [0.717, 1.165) is 0 Å². The number of unbranched alkanes of at least 4 members (excludes halogenated alkanes) is 1. The quantitative estimate of drug-likeness (QED) is 0.398. The molecule has 0 atom stereocenters. The SMILES string of the molecule is CCCCOc1c(F)c(F)c(CNC(=O)Cc2c(Cl)c(C)nn2C)c(F)c1F. The molecule has 0 unspecified atom stereocenters. The van der Waals surface area contributed by atoms with E-state index in [0.29, 0.717) is 29.3 Å². The second-order valence-electron chi connectivity index (χ2n) is 6.19. The van der Waals surface area contributed by atoms with Crippen molar-refractivity contribution >= 4 is 17.5 Å². The third-order valence-electron chi connectivity index (χ3n) is 4.11. The summed E-state index contributed by atoms with van der Waals surface area (Å²) in [4.78, 5) is 12.1. The fourth-order valence-electron chi connectivity index (χ4n) is 2.53. The van der Waals surface area contributed by atoms with Gasteiger partial charge in [-0.3, -0.25) is 9.48 Å². The summed E-state index contributed by atoms with van der Waals surface area (Å²) < 4.78 is 62.7. The molecular weight excluding hydrogens is 402 g/mol. The summed E-state index contributed by atoms with van der Waals surface area (Å²) in [6, 6.07) is 0. The molecule has 1 heterocycles. The summed E-state index contributed by atoms with van der Waals surface area (Å²) in [5.41, 5.74) is -0.0139. The monoisotopic (exact) mass is 421 g/mol. The number of hydrogen-bond acceptors (Lipinski definition) is 3. The molecule has 1 aromatic carbocycles. The minimum absolute atomic E-state index is 0.0792. The molecule has 0 aliphatic rings. The Balaban J connectivity index is 2.14. The second kappa shape index (κ2) is 9.27. The van der Waals surface area contributed by atoms with Crippen molar-refractivity contribution in [2.24, 2.45) is 7.05 Å². The summed E-state index contributed by atoms with van der Waals surface area (Å²) in [6.07, 6.45) is 0.928. The molecule has 10 heteroatoms. The van der Waals surface area contributed by atoms with Gasteiger partial charge in [-0.15, -0.1) is 0 Å². The molecule has 2 aromatic rings. The van der Waals surface area contributed by atoms with Gasteiger partial charge >= 0.3 is 0 Å². The largest absolute Gasteiger partial charge is 0.487 e. The molecule has 2 rings (SSSR count). The van der Waals surface area contributed by atoms with Crippen LogP contribution >= 0.6 is 11.6 Å². The zero-order valence-electron chi connectivity index (χ0n) is 15.6. The van der Waals surface area contributed by atoms with Crippen LogP contribution in [0.3, 0.4) is 0 Å². The molecule has 1 N–H and O–H groups in total. The Morgan fingerprint density at radius 1 is 1.18 bits per heavy atom. The maximum atomic E-state index is 14.2. The Morgan fingerprint density at radius 2 is 1.79 bits per heavy atom. The van der Waals surface area contributed by atoms with Crippen LogP contribution in [0, 0.1) is 30.2 Å².